The lowest BCUT2D eigenvalue weighted by molar-refractivity contribution is 0.597. The maximum absolute atomic E-state index is 10.8. The Morgan fingerprint density at radius 2 is 2.08 bits per heavy atom. The average molecular weight is 264 g/mol. The Morgan fingerprint density at radius 1 is 1.46 bits per heavy atom. The molecule has 0 amide bonds. The van der Waals surface area contributed by atoms with E-state index in [1.807, 2.05) is 13.0 Å². The smallest absolute Gasteiger partial charge is 0.213 e. The zero-order chi connectivity index (χ0) is 10.1. The van der Waals surface area contributed by atoms with Crippen molar-refractivity contribution in [3.8, 4) is 0 Å². The van der Waals surface area contributed by atoms with Crippen LogP contribution in [0.15, 0.2) is 22.7 Å². The second kappa shape index (κ2) is 3.77. The number of aryl methyl sites for hydroxylation is 1. The Bertz CT molecular complexity index is 414. The first-order chi connectivity index (χ1) is 5.90. The topological polar surface area (TPSA) is 60.2 Å². The molecule has 0 aliphatic carbocycles. The molecule has 0 unspecified atom stereocenters. The summed E-state index contributed by atoms with van der Waals surface area (Å²) < 4.78 is 22.5. The molecule has 0 aliphatic heterocycles. The Labute approximate surface area is 86.1 Å². The Morgan fingerprint density at radius 3 is 2.62 bits per heavy atom. The molecule has 1 rings (SSSR count). The van der Waals surface area contributed by atoms with Crippen LogP contribution in [0, 0.1) is 6.92 Å². The van der Waals surface area contributed by atoms with Crippen LogP contribution in [0.3, 0.4) is 0 Å². The van der Waals surface area contributed by atoms with Crippen LogP contribution >= 0.6 is 15.9 Å². The van der Waals surface area contributed by atoms with Crippen molar-refractivity contribution in [2.24, 2.45) is 5.14 Å². The van der Waals surface area contributed by atoms with E-state index in [0.29, 0.717) is 5.56 Å². The van der Waals surface area contributed by atoms with Crippen LogP contribution in [0.25, 0.3) is 0 Å². The third-order valence-corrected chi connectivity index (χ3v) is 3.48. The molecule has 0 saturated heterocycles. The van der Waals surface area contributed by atoms with Crippen molar-refractivity contribution < 1.29 is 8.42 Å². The highest BCUT2D eigenvalue weighted by molar-refractivity contribution is 9.10. The summed E-state index contributed by atoms with van der Waals surface area (Å²) in [6.45, 7) is 1.90. The molecule has 0 fully saturated rings. The number of nitrogens with two attached hydrogens (primary N) is 1. The maximum atomic E-state index is 10.8. The summed E-state index contributed by atoms with van der Waals surface area (Å²) in [5.41, 5.74) is 1.70. The van der Waals surface area contributed by atoms with Gasteiger partial charge in [-0.25, -0.2) is 13.6 Å². The highest BCUT2D eigenvalue weighted by Gasteiger charge is 2.08. The molecular formula is C8H10BrNO2S. The van der Waals surface area contributed by atoms with E-state index in [9.17, 15) is 8.42 Å². The van der Waals surface area contributed by atoms with Crippen molar-refractivity contribution >= 4 is 26.0 Å². The number of hydrogen-bond donors (Lipinski definition) is 1. The van der Waals surface area contributed by atoms with Gasteiger partial charge in [0, 0.05) is 4.47 Å². The zero-order valence-electron chi connectivity index (χ0n) is 7.12. The molecule has 13 heavy (non-hydrogen) atoms. The Kier molecular flexibility index (Phi) is 3.10. The predicted molar refractivity (Wildman–Crippen MR) is 55.7 cm³/mol. The van der Waals surface area contributed by atoms with E-state index in [0.717, 1.165) is 10.0 Å². The van der Waals surface area contributed by atoms with Gasteiger partial charge in [-0.2, -0.15) is 0 Å². The number of rotatable bonds is 2. The van der Waals surface area contributed by atoms with Gasteiger partial charge in [-0.1, -0.05) is 34.1 Å². The SMILES string of the molecule is Cc1cccc(CS(N)(=O)=O)c1Br. The van der Waals surface area contributed by atoms with Gasteiger partial charge in [0.15, 0.2) is 0 Å². The summed E-state index contributed by atoms with van der Waals surface area (Å²) in [5.74, 6) is -0.130. The number of primary sulfonamides is 1. The summed E-state index contributed by atoms with van der Waals surface area (Å²) in [7, 11) is -3.45. The van der Waals surface area contributed by atoms with E-state index in [-0.39, 0.29) is 5.75 Å². The predicted octanol–water partition coefficient (Wildman–Crippen LogP) is 1.55. The Balaban J connectivity index is 3.10. The lowest BCUT2D eigenvalue weighted by Gasteiger charge is -2.04. The molecule has 0 spiro atoms. The normalized spacial score (nSPS) is 11.6. The van der Waals surface area contributed by atoms with Crippen molar-refractivity contribution in [1.29, 1.82) is 0 Å². The van der Waals surface area contributed by atoms with Crippen LogP contribution in [-0.2, 0) is 15.8 Å². The molecule has 0 bridgehead atoms. The summed E-state index contributed by atoms with van der Waals surface area (Å²) in [6, 6.07) is 5.44. The van der Waals surface area contributed by atoms with Gasteiger partial charge in [-0.3, -0.25) is 0 Å². The fourth-order valence-corrected chi connectivity index (χ4v) is 2.30. The van der Waals surface area contributed by atoms with Crippen LogP contribution < -0.4 is 5.14 Å². The third kappa shape index (κ3) is 3.10. The molecule has 72 valence electrons. The van der Waals surface area contributed by atoms with E-state index in [1.54, 1.807) is 12.1 Å². The minimum atomic E-state index is -3.45. The zero-order valence-corrected chi connectivity index (χ0v) is 9.52. The van der Waals surface area contributed by atoms with Crippen LogP contribution in [0.5, 0.6) is 0 Å². The summed E-state index contributed by atoms with van der Waals surface area (Å²) in [5, 5.41) is 4.94. The van der Waals surface area contributed by atoms with E-state index in [2.05, 4.69) is 15.9 Å². The first-order valence-corrected chi connectivity index (χ1v) is 6.15. The molecule has 0 atom stereocenters. The molecule has 0 aromatic heterocycles. The maximum Gasteiger partial charge on any atom is 0.213 e. The second-order valence-electron chi connectivity index (χ2n) is 2.86. The molecule has 2 N–H and O–H groups in total. The van der Waals surface area contributed by atoms with Gasteiger partial charge < -0.3 is 0 Å². The van der Waals surface area contributed by atoms with Crippen LogP contribution in [-0.4, -0.2) is 8.42 Å². The molecular weight excluding hydrogens is 254 g/mol. The van der Waals surface area contributed by atoms with Crippen molar-refractivity contribution in [3.05, 3.63) is 33.8 Å². The highest BCUT2D eigenvalue weighted by atomic mass is 79.9. The molecule has 0 saturated carbocycles. The van der Waals surface area contributed by atoms with Gasteiger partial charge in [0.2, 0.25) is 10.0 Å². The van der Waals surface area contributed by atoms with Crippen LogP contribution in [0.1, 0.15) is 11.1 Å². The van der Waals surface area contributed by atoms with Crippen molar-refractivity contribution in [2.75, 3.05) is 0 Å². The van der Waals surface area contributed by atoms with E-state index < -0.39 is 10.0 Å². The summed E-state index contributed by atoms with van der Waals surface area (Å²) in [6.07, 6.45) is 0. The largest absolute Gasteiger partial charge is 0.228 e. The highest BCUT2D eigenvalue weighted by Crippen LogP contribution is 2.22. The van der Waals surface area contributed by atoms with Crippen LogP contribution in [0.2, 0.25) is 0 Å². The van der Waals surface area contributed by atoms with Crippen molar-refractivity contribution in [3.63, 3.8) is 0 Å². The first kappa shape index (κ1) is 10.7. The van der Waals surface area contributed by atoms with Crippen molar-refractivity contribution in [2.45, 2.75) is 12.7 Å². The molecule has 1 aromatic rings. The lowest BCUT2D eigenvalue weighted by atomic mass is 10.2. The minimum absolute atomic E-state index is 0.130. The molecule has 0 heterocycles. The fourth-order valence-electron chi connectivity index (χ4n) is 1.04. The van der Waals surface area contributed by atoms with E-state index in [4.69, 9.17) is 5.14 Å². The monoisotopic (exact) mass is 263 g/mol. The molecule has 0 aliphatic rings. The summed E-state index contributed by atoms with van der Waals surface area (Å²) >= 11 is 3.31. The fraction of sp³-hybridized carbons (Fsp3) is 0.250. The van der Waals surface area contributed by atoms with Crippen molar-refractivity contribution in [1.82, 2.24) is 0 Å². The quantitative estimate of drug-likeness (QED) is 0.880. The minimum Gasteiger partial charge on any atom is -0.228 e. The van der Waals surface area contributed by atoms with Crippen LogP contribution in [0.4, 0.5) is 0 Å². The average Bonchev–Trinajstić information content (AvgIpc) is 1.96. The molecule has 0 radical (unpaired) electrons. The lowest BCUT2D eigenvalue weighted by Crippen LogP contribution is -2.14. The van der Waals surface area contributed by atoms with Gasteiger partial charge in [0.05, 0.1) is 5.75 Å². The number of hydrogen-bond acceptors (Lipinski definition) is 2. The van der Waals surface area contributed by atoms with Gasteiger partial charge in [0.1, 0.15) is 0 Å². The second-order valence-corrected chi connectivity index (χ2v) is 5.26. The third-order valence-electron chi connectivity index (χ3n) is 1.63. The molecule has 1 aromatic carbocycles. The van der Waals surface area contributed by atoms with Gasteiger partial charge >= 0.3 is 0 Å². The standard InChI is InChI=1S/C8H10BrNO2S/c1-6-3-2-4-7(8(6)9)5-13(10,11)12/h2-4H,5H2,1H3,(H2,10,11,12). The number of benzene rings is 1. The van der Waals surface area contributed by atoms with E-state index in [1.165, 1.54) is 0 Å². The van der Waals surface area contributed by atoms with Gasteiger partial charge in [-0.15, -0.1) is 0 Å². The van der Waals surface area contributed by atoms with E-state index >= 15 is 0 Å². The van der Waals surface area contributed by atoms with Gasteiger partial charge in [-0.05, 0) is 18.1 Å². The molecule has 3 nitrogen and oxygen atoms in total. The number of sulfonamides is 1. The first-order valence-electron chi connectivity index (χ1n) is 3.64. The number of halogens is 1. The summed E-state index contributed by atoms with van der Waals surface area (Å²) in [4.78, 5) is 0. The Hall–Kier alpha value is -0.390. The van der Waals surface area contributed by atoms with Gasteiger partial charge in [0.25, 0.3) is 0 Å². The molecule has 5 heteroatoms.